The molecule has 4 heteroatoms. The Hall–Kier alpha value is -1.39. The SMILES string of the molecule is CC(C)(COCc1ccccc1)NCC(=O)O. The van der Waals surface area contributed by atoms with Gasteiger partial charge in [-0.25, -0.2) is 0 Å². The molecule has 0 radical (unpaired) electrons. The van der Waals surface area contributed by atoms with Crippen LogP contribution in [0, 0.1) is 0 Å². The minimum Gasteiger partial charge on any atom is -0.480 e. The molecule has 0 saturated carbocycles. The smallest absolute Gasteiger partial charge is 0.317 e. The second kappa shape index (κ2) is 6.37. The lowest BCUT2D eigenvalue weighted by Gasteiger charge is -2.25. The molecule has 0 heterocycles. The third-order valence-electron chi connectivity index (χ3n) is 2.29. The number of hydrogen-bond donors (Lipinski definition) is 2. The van der Waals surface area contributed by atoms with E-state index in [1.807, 2.05) is 44.2 Å². The van der Waals surface area contributed by atoms with Crippen LogP contribution >= 0.6 is 0 Å². The predicted molar refractivity (Wildman–Crippen MR) is 65.8 cm³/mol. The van der Waals surface area contributed by atoms with Crippen LogP contribution in [-0.4, -0.2) is 29.8 Å². The summed E-state index contributed by atoms with van der Waals surface area (Å²) in [4.78, 5) is 10.4. The van der Waals surface area contributed by atoms with Crippen molar-refractivity contribution in [3.8, 4) is 0 Å². The van der Waals surface area contributed by atoms with Gasteiger partial charge in [0.05, 0.1) is 19.8 Å². The molecule has 0 saturated heterocycles. The highest BCUT2D eigenvalue weighted by Crippen LogP contribution is 2.06. The number of nitrogens with one attached hydrogen (secondary N) is 1. The van der Waals surface area contributed by atoms with Crippen LogP contribution in [0.3, 0.4) is 0 Å². The summed E-state index contributed by atoms with van der Waals surface area (Å²) in [7, 11) is 0. The Morgan fingerprint density at radius 3 is 2.59 bits per heavy atom. The van der Waals surface area contributed by atoms with E-state index < -0.39 is 5.97 Å². The van der Waals surface area contributed by atoms with Crippen LogP contribution in [0.4, 0.5) is 0 Å². The van der Waals surface area contributed by atoms with Crippen LogP contribution in [0.2, 0.25) is 0 Å². The monoisotopic (exact) mass is 237 g/mol. The maximum absolute atomic E-state index is 10.4. The first-order valence-corrected chi connectivity index (χ1v) is 5.58. The molecule has 0 unspecified atom stereocenters. The van der Waals surface area contributed by atoms with Crippen molar-refractivity contribution in [1.82, 2.24) is 5.32 Å². The number of benzene rings is 1. The second-order valence-corrected chi connectivity index (χ2v) is 4.61. The average Bonchev–Trinajstić information content (AvgIpc) is 2.28. The minimum atomic E-state index is -0.860. The fourth-order valence-electron chi connectivity index (χ4n) is 1.36. The first-order valence-electron chi connectivity index (χ1n) is 5.58. The van der Waals surface area contributed by atoms with E-state index in [2.05, 4.69) is 5.32 Å². The zero-order chi connectivity index (χ0) is 12.7. The van der Waals surface area contributed by atoms with Gasteiger partial charge in [-0.2, -0.15) is 0 Å². The van der Waals surface area contributed by atoms with Crippen molar-refractivity contribution in [2.24, 2.45) is 0 Å². The quantitative estimate of drug-likeness (QED) is 0.757. The summed E-state index contributed by atoms with van der Waals surface area (Å²) >= 11 is 0. The first-order chi connectivity index (χ1) is 7.99. The number of ether oxygens (including phenoxy) is 1. The molecule has 0 aliphatic rings. The second-order valence-electron chi connectivity index (χ2n) is 4.61. The number of carboxylic acids is 1. The predicted octanol–water partition coefficient (Wildman–Crippen LogP) is 1.66. The Morgan fingerprint density at radius 1 is 1.35 bits per heavy atom. The number of hydrogen-bond acceptors (Lipinski definition) is 3. The van der Waals surface area contributed by atoms with Gasteiger partial charge in [0.25, 0.3) is 0 Å². The Morgan fingerprint density at radius 2 is 2.00 bits per heavy atom. The van der Waals surface area contributed by atoms with E-state index >= 15 is 0 Å². The van der Waals surface area contributed by atoms with Crippen LogP contribution in [0.25, 0.3) is 0 Å². The summed E-state index contributed by atoms with van der Waals surface area (Å²) in [6.07, 6.45) is 0. The average molecular weight is 237 g/mol. The molecule has 1 aromatic carbocycles. The Labute approximate surface area is 102 Å². The zero-order valence-corrected chi connectivity index (χ0v) is 10.3. The largest absolute Gasteiger partial charge is 0.480 e. The highest BCUT2D eigenvalue weighted by atomic mass is 16.5. The van der Waals surface area contributed by atoms with Crippen LogP contribution in [0.1, 0.15) is 19.4 Å². The number of carbonyl (C=O) groups is 1. The van der Waals surface area contributed by atoms with E-state index in [1.165, 1.54) is 0 Å². The minimum absolute atomic E-state index is 0.0539. The molecule has 4 nitrogen and oxygen atoms in total. The molecule has 1 rings (SSSR count). The molecule has 0 fully saturated rings. The normalized spacial score (nSPS) is 11.4. The van der Waals surface area contributed by atoms with Gasteiger partial charge in [-0.05, 0) is 19.4 Å². The summed E-state index contributed by atoms with van der Waals surface area (Å²) < 4.78 is 5.56. The first kappa shape index (κ1) is 13.7. The van der Waals surface area contributed by atoms with Crippen molar-refractivity contribution < 1.29 is 14.6 Å². The number of rotatable bonds is 7. The molecule has 1 aromatic rings. The molecule has 0 atom stereocenters. The maximum atomic E-state index is 10.4. The highest BCUT2D eigenvalue weighted by molar-refractivity contribution is 5.69. The van der Waals surface area contributed by atoms with Crippen LogP contribution in [0.5, 0.6) is 0 Å². The molecule has 0 amide bonds. The molecule has 0 aromatic heterocycles. The lowest BCUT2D eigenvalue weighted by Crippen LogP contribution is -2.45. The van der Waals surface area contributed by atoms with E-state index in [9.17, 15) is 4.79 Å². The van der Waals surface area contributed by atoms with Crippen molar-refractivity contribution in [2.75, 3.05) is 13.2 Å². The third kappa shape index (κ3) is 6.04. The molecule has 0 aliphatic heterocycles. The molecule has 17 heavy (non-hydrogen) atoms. The van der Waals surface area contributed by atoms with E-state index in [-0.39, 0.29) is 12.1 Å². The molecule has 0 spiro atoms. The lowest BCUT2D eigenvalue weighted by molar-refractivity contribution is -0.136. The molecule has 0 bridgehead atoms. The van der Waals surface area contributed by atoms with Gasteiger partial charge in [0.2, 0.25) is 0 Å². The fraction of sp³-hybridized carbons (Fsp3) is 0.462. The summed E-state index contributed by atoms with van der Waals surface area (Å²) in [5, 5.41) is 11.5. The molecular formula is C13H19NO3. The van der Waals surface area contributed by atoms with E-state index in [0.717, 1.165) is 5.56 Å². The van der Waals surface area contributed by atoms with Crippen LogP contribution < -0.4 is 5.32 Å². The van der Waals surface area contributed by atoms with Gasteiger partial charge in [-0.3, -0.25) is 10.1 Å². The van der Waals surface area contributed by atoms with Crippen LogP contribution in [-0.2, 0) is 16.1 Å². The number of carboxylic acid groups (broad SMARTS) is 1. The zero-order valence-electron chi connectivity index (χ0n) is 10.3. The maximum Gasteiger partial charge on any atom is 0.317 e. The van der Waals surface area contributed by atoms with Crippen molar-refractivity contribution in [3.05, 3.63) is 35.9 Å². The lowest BCUT2D eigenvalue weighted by atomic mass is 10.1. The Kier molecular flexibility index (Phi) is 5.12. The summed E-state index contributed by atoms with van der Waals surface area (Å²) in [5.41, 5.74) is 0.772. The van der Waals surface area contributed by atoms with Gasteiger partial charge in [0, 0.05) is 5.54 Å². The Balaban J connectivity index is 2.27. The molecule has 2 N–H and O–H groups in total. The number of aliphatic carboxylic acids is 1. The summed E-state index contributed by atoms with van der Waals surface area (Å²) in [6, 6.07) is 9.89. The van der Waals surface area contributed by atoms with Gasteiger partial charge in [0.15, 0.2) is 0 Å². The van der Waals surface area contributed by atoms with Crippen molar-refractivity contribution in [3.63, 3.8) is 0 Å². The van der Waals surface area contributed by atoms with E-state index in [0.29, 0.717) is 13.2 Å². The molecule has 94 valence electrons. The van der Waals surface area contributed by atoms with Gasteiger partial charge in [-0.15, -0.1) is 0 Å². The van der Waals surface area contributed by atoms with Crippen molar-refractivity contribution >= 4 is 5.97 Å². The van der Waals surface area contributed by atoms with Gasteiger partial charge >= 0.3 is 5.97 Å². The van der Waals surface area contributed by atoms with Crippen LogP contribution in [0.15, 0.2) is 30.3 Å². The van der Waals surface area contributed by atoms with E-state index in [4.69, 9.17) is 9.84 Å². The highest BCUT2D eigenvalue weighted by Gasteiger charge is 2.18. The molecule has 0 aliphatic carbocycles. The standard InChI is InChI=1S/C13H19NO3/c1-13(2,14-8-12(15)16)10-17-9-11-6-4-3-5-7-11/h3-7,14H,8-10H2,1-2H3,(H,15,16). The third-order valence-corrected chi connectivity index (χ3v) is 2.29. The summed E-state index contributed by atoms with van der Waals surface area (Å²) in [5.74, 6) is -0.860. The topological polar surface area (TPSA) is 58.6 Å². The van der Waals surface area contributed by atoms with Gasteiger partial charge in [0.1, 0.15) is 0 Å². The van der Waals surface area contributed by atoms with E-state index in [1.54, 1.807) is 0 Å². The Bertz CT molecular complexity index is 349. The van der Waals surface area contributed by atoms with Crippen molar-refractivity contribution in [2.45, 2.75) is 26.0 Å². The summed E-state index contributed by atoms with van der Waals surface area (Å²) in [6.45, 7) is 4.79. The van der Waals surface area contributed by atoms with Crippen molar-refractivity contribution in [1.29, 1.82) is 0 Å². The fourth-order valence-corrected chi connectivity index (χ4v) is 1.36. The van der Waals surface area contributed by atoms with Gasteiger partial charge < -0.3 is 9.84 Å². The molecular weight excluding hydrogens is 218 g/mol. The van der Waals surface area contributed by atoms with Gasteiger partial charge in [-0.1, -0.05) is 30.3 Å².